The lowest BCUT2D eigenvalue weighted by Gasteiger charge is -2.29. The van der Waals surface area contributed by atoms with Gasteiger partial charge >= 0.3 is 0 Å². The minimum Gasteiger partial charge on any atom is -0.493 e. The van der Waals surface area contributed by atoms with E-state index in [1.165, 1.54) is 16.7 Å². The maximum Gasteiger partial charge on any atom is 0.240 e. The first kappa shape index (κ1) is 15.2. The van der Waals surface area contributed by atoms with Gasteiger partial charge in [-0.15, -0.1) is 0 Å². The third kappa shape index (κ3) is 3.02. The van der Waals surface area contributed by atoms with Gasteiger partial charge in [0.2, 0.25) is 5.91 Å². The molecule has 2 aliphatic rings. The Hall–Kier alpha value is -2.33. The molecule has 0 aliphatic carbocycles. The summed E-state index contributed by atoms with van der Waals surface area (Å²) in [5.41, 5.74) is 4.82. The molecule has 0 fully saturated rings. The highest BCUT2D eigenvalue weighted by Crippen LogP contribution is 2.27. The van der Waals surface area contributed by atoms with Crippen LogP contribution in [0.4, 0.5) is 5.69 Å². The molecule has 0 bridgehead atoms. The van der Waals surface area contributed by atoms with E-state index in [0.29, 0.717) is 13.1 Å². The van der Waals surface area contributed by atoms with Crippen molar-refractivity contribution in [1.82, 2.24) is 5.32 Å². The van der Waals surface area contributed by atoms with Gasteiger partial charge in [-0.3, -0.25) is 4.79 Å². The van der Waals surface area contributed by atoms with E-state index in [0.717, 1.165) is 43.9 Å². The Kier molecular flexibility index (Phi) is 4.22. The fraction of sp³-hybridized carbons (Fsp3) is 0.350. The number of nitrogens with one attached hydrogen (secondary N) is 1. The largest absolute Gasteiger partial charge is 0.493 e. The first-order valence-corrected chi connectivity index (χ1v) is 8.65. The minimum absolute atomic E-state index is 0.145. The molecule has 1 amide bonds. The number of nitrogens with zero attached hydrogens (tertiary/aromatic N) is 1. The monoisotopic (exact) mass is 322 g/mol. The summed E-state index contributed by atoms with van der Waals surface area (Å²) in [6.07, 6.45) is 3.07. The highest BCUT2D eigenvalue weighted by Gasteiger charge is 2.21. The van der Waals surface area contributed by atoms with Crippen LogP contribution in [-0.4, -0.2) is 25.6 Å². The molecule has 0 radical (unpaired) electrons. The van der Waals surface area contributed by atoms with Crippen molar-refractivity contribution >= 4 is 11.6 Å². The van der Waals surface area contributed by atoms with E-state index in [1.54, 1.807) is 0 Å². The van der Waals surface area contributed by atoms with Gasteiger partial charge in [-0.1, -0.05) is 30.3 Å². The number of hydrogen-bond donors (Lipinski definition) is 1. The van der Waals surface area contributed by atoms with Gasteiger partial charge in [-0.2, -0.15) is 0 Å². The highest BCUT2D eigenvalue weighted by molar-refractivity contribution is 5.95. The van der Waals surface area contributed by atoms with Gasteiger partial charge in [-0.05, 0) is 41.7 Å². The molecule has 4 heteroatoms. The van der Waals surface area contributed by atoms with Crippen molar-refractivity contribution in [3.63, 3.8) is 0 Å². The molecule has 0 spiro atoms. The number of carbonyl (C=O) groups is 1. The summed E-state index contributed by atoms with van der Waals surface area (Å²) in [5, 5.41) is 3.29. The molecule has 4 nitrogen and oxygen atoms in total. The molecule has 2 aromatic rings. The topological polar surface area (TPSA) is 41.6 Å². The Bertz CT molecular complexity index is 757. The maximum absolute atomic E-state index is 12.6. The Morgan fingerprint density at radius 3 is 3.00 bits per heavy atom. The molecule has 2 aliphatic heterocycles. The van der Waals surface area contributed by atoms with Crippen LogP contribution in [0.3, 0.4) is 0 Å². The molecule has 0 atom stereocenters. The second-order valence-corrected chi connectivity index (χ2v) is 6.42. The van der Waals surface area contributed by atoms with E-state index in [4.69, 9.17) is 4.74 Å². The Balaban J connectivity index is 1.36. The van der Waals surface area contributed by atoms with Crippen LogP contribution in [0.2, 0.25) is 0 Å². The van der Waals surface area contributed by atoms with Crippen LogP contribution >= 0.6 is 0 Å². The normalized spacial score (nSPS) is 15.6. The zero-order valence-corrected chi connectivity index (χ0v) is 13.8. The molecular formula is C20H22N2O2. The smallest absolute Gasteiger partial charge is 0.240 e. The van der Waals surface area contributed by atoms with Crippen LogP contribution < -0.4 is 15.0 Å². The Morgan fingerprint density at radius 2 is 2.04 bits per heavy atom. The summed E-state index contributed by atoms with van der Waals surface area (Å²) >= 11 is 0. The molecule has 124 valence electrons. The molecule has 24 heavy (non-hydrogen) atoms. The molecule has 0 unspecified atom stereocenters. The van der Waals surface area contributed by atoms with Gasteiger partial charge in [0.05, 0.1) is 13.2 Å². The lowest BCUT2D eigenvalue weighted by molar-refractivity contribution is -0.117. The number of aryl methyl sites for hydroxylation is 1. The van der Waals surface area contributed by atoms with Crippen LogP contribution in [0.15, 0.2) is 42.5 Å². The number of benzene rings is 2. The quantitative estimate of drug-likeness (QED) is 0.941. The number of carbonyl (C=O) groups excluding carboxylic acids is 1. The van der Waals surface area contributed by atoms with Crippen LogP contribution in [0.5, 0.6) is 5.75 Å². The predicted molar refractivity (Wildman–Crippen MR) is 94.5 cm³/mol. The third-order valence-electron chi connectivity index (χ3n) is 4.77. The zero-order chi connectivity index (χ0) is 16.4. The van der Waals surface area contributed by atoms with Crippen molar-refractivity contribution < 1.29 is 9.53 Å². The summed E-state index contributed by atoms with van der Waals surface area (Å²) in [6, 6.07) is 14.5. The van der Waals surface area contributed by atoms with Crippen LogP contribution in [-0.2, 0) is 24.2 Å². The van der Waals surface area contributed by atoms with E-state index in [2.05, 4.69) is 23.5 Å². The van der Waals surface area contributed by atoms with Gasteiger partial charge in [0.15, 0.2) is 0 Å². The van der Waals surface area contributed by atoms with Gasteiger partial charge in [0, 0.05) is 25.2 Å². The van der Waals surface area contributed by atoms with Crippen molar-refractivity contribution in [2.75, 3.05) is 24.6 Å². The molecular weight excluding hydrogens is 300 g/mol. The fourth-order valence-corrected chi connectivity index (χ4v) is 3.55. The molecule has 1 N–H and O–H groups in total. The third-order valence-corrected chi connectivity index (χ3v) is 4.77. The number of rotatable bonds is 4. The van der Waals surface area contributed by atoms with Crippen molar-refractivity contribution in [2.24, 2.45) is 0 Å². The lowest BCUT2D eigenvalue weighted by atomic mass is 10.0. The first-order valence-electron chi connectivity index (χ1n) is 8.65. The van der Waals surface area contributed by atoms with E-state index in [9.17, 15) is 4.79 Å². The Labute approximate surface area is 142 Å². The molecule has 4 rings (SSSR count). The standard InChI is InChI=1S/C20H22N2O2/c23-20(22-10-3-5-16-4-1-2-6-18(16)22)14-21-13-15-7-8-19-17(12-15)9-11-24-19/h1-2,4,6-8,12,21H,3,5,9-11,13-14H2. The second-order valence-electron chi connectivity index (χ2n) is 6.42. The Morgan fingerprint density at radius 1 is 1.12 bits per heavy atom. The predicted octanol–water partition coefficient (Wildman–Crippen LogP) is 2.69. The van der Waals surface area contributed by atoms with Gasteiger partial charge in [-0.25, -0.2) is 0 Å². The van der Waals surface area contributed by atoms with Crippen molar-refractivity contribution in [3.8, 4) is 5.75 Å². The van der Waals surface area contributed by atoms with Crippen molar-refractivity contribution in [3.05, 3.63) is 59.2 Å². The first-order chi connectivity index (χ1) is 11.8. The van der Waals surface area contributed by atoms with E-state index < -0.39 is 0 Å². The summed E-state index contributed by atoms with van der Waals surface area (Å²) < 4.78 is 5.53. The summed E-state index contributed by atoms with van der Waals surface area (Å²) in [5.74, 6) is 1.14. The number of para-hydroxylation sites is 1. The fourth-order valence-electron chi connectivity index (χ4n) is 3.55. The van der Waals surface area contributed by atoms with Gasteiger partial charge in [0.25, 0.3) is 0 Å². The second kappa shape index (κ2) is 6.65. The molecule has 2 aromatic carbocycles. The van der Waals surface area contributed by atoms with Crippen molar-refractivity contribution in [2.45, 2.75) is 25.8 Å². The molecule has 0 saturated carbocycles. The number of amides is 1. The number of fused-ring (bicyclic) bond motifs is 2. The maximum atomic E-state index is 12.6. The number of hydrogen-bond acceptors (Lipinski definition) is 3. The molecule has 0 saturated heterocycles. The van der Waals surface area contributed by atoms with E-state index >= 15 is 0 Å². The average molecular weight is 322 g/mol. The average Bonchev–Trinajstić information content (AvgIpc) is 3.09. The van der Waals surface area contributed by atoms with Crippen LogP contribution in [0.25, 0.3) is 0 Å². The van der Waals surface area contributed by atoms with Crippen LogP contribution in [0, 0.1) is 0 Å². The van der Waals surface area contributed by atoms with Gasteiger partial charge < -0.3 is 15.0 Å². The number of anilines is 1. The van der Waals surface area contributed by atoms with Crippen molar-refractivity contribution in [1.29, 1.82) is 0 Å². The minimum atomic E-state index is 0.145. The molecule has 0 aromatic heterocycles. The summed E-state index contributed by atoms with van der Waals surface area (Å²) in [7, 11) is 0. The summed E-state index contributed by atoms with van der Waals surface area (Å²) in [4.78, 5) is 14.5. The van der Waals surface area contributed by atoms with E-state index in [-0.39, 0.29) is 5.91 Å². The highest BCUT2D eigenvalue weighted by atomic mass is 16.5. The van der Waals surface area contributed by atoms with Crippen LogP contribution in [0.1, 0.15) is 23.1 Å². The number of ether oxygens (including phenoxy) is 1. The van der Waals surface area contributed by atoms with E-state index in [1.807, 2.05) is 29.2 Å². The zero-order valence-electron chi connectivity index (χ0n) is 13.8. The summed E-state index contributed by atoms with van der Waals surface area (Å²) in [6.45, 7) is 2.66. The lowest BCUT2D eigenvalue weighted by Crippen LogP contribution is -2.41. The molecule has 2 heterocycles. The van der Waals surface area contributed by atoms with Gasteiger partial charge in [0.1, 0.15) is 5.75 Å². The SMILES string of the molecule is O=C(CNCc1ccc2c(c1)CCO2)N1CCCc2ccccc21.